The van der Waals surface area contributed by atoms with Crippen LogP contribution in [0.5, 0.6) is 0 Å². The highest BCUT2D eigenvalue weighted by Crippen LogP contribution is 2.47. The average Bonchev–Trinajstić information content (AvgIpc) is 3.29. The zero-order valence-electron chi connectivity index (χ0n) is 41.8. The lowest BCUT2D eigenvalue weighted by atomic mass is 9.85. The Hall–Kier alpha value is -0.660. The van der Waals surface area contributed by atoms with Gasteiger partial charge in [0.1, 0.15) is 42.7 Å². The number of aliphatic hydroxyl groups is 5. The maximum atomic E-state index is 12.9. The summed E-state index contributed by atoms with van der Waals surface area (Å²) in [6.07, 6.45) is 36.0. The van der Waals surface area contributed by atoms with E-state index in [2.05, 4.69) is 13.8 Å². The minimum Gasteiger partial charge on any atom is -0.457 e. The molecule has 0 aromatic rings. The van der Waals surface area contributed by atoms with Gasteiger partial charge in [0.15, 0.2) is 0 Å². The first-order chi connectivity index (χ1) is 31.5. The van der Waals surface area contributed by atoms with E-state index in [1.54, 1.807) is 0 Å². The van der Waals surface area contributed by atoms with Crippen LogP contribution in [0.25, 0.3) is 0 Å². The van der Waals surface area contributed by atoms with E-state index in [0.29, 0.717) is 13.0 Å². The van der Waals surface area contributed by atoms with Crippen molar-refractivity contribution in [3.8, 4) is 0 Å². The molecule has 13 heteroatoms. The van der Waals surface area contributed by atoms with Crippen LogP contribution in [-0.2, 0) is 27.9 Å². The number of phosphoric ester groups is 1. The fourth-order valence-corrected chi connectivity index (χ4v) is 9.86. The molecule has 1 rings (SSSR count). The van der Waals surface area contributed by atoms with Gasteiger partial charge < -0.3 is 39.9 Å². The summed E-state index contributed by atoms with van der Waals surface area (Å²) in [6, 6.07) is 0. The van der Waals surface area contributed by atoms with E-state index in [9.17, 15) is 39.8 Å². The Morgan fingerprint density at radius 3 is 1.06 bits per heavy atom. The van der Waals surface area contributed by atoms with Crippen LogP contribution in [-0.4, -0.2) is 98.9 Å². The van der Waals surface area contributed by atoms with Crippen LogP contribution in [0.2, 0.25) is 0 Å². The smallest absolute Gasteiger partial charge is 0.457 e. The van der Waals surface area contributed by atoms with E-state index in [-0.39, 0.29) is 13.0 Å². The van der Waals surface area contributed by atoms with Gasteiger partial charge in [-0.1, -0.05) is 245 Å². The van der Waals surface area contributed by atoms with Crippen LogP contribution in [0.15, 0.2) is 0 Å². The normalized spacial score (nSPS) is 21.4. The van der Waals surface area contributed by atoms with Crippen molar-refractivity contribution in [1.29, 1.82) is 0 Å². The minimum atomic E-state index is -5.01. The first kappa shape index (κ1) is 62.4. The number of unbranched alkanes of at least 4 members (excludes halogenated alkanes) is 36. The molecule has 8 atom stereocenters. The Bertz CT molecular complexity index is 1080. The molecule has 1 fully saturated rings. The van der Waals surface area contributed by atoms with Crippen LogP contribution in [0.4, 0.5) is 0 Å². The van der Waals surface area contributed by atoms with Crippen LogP contribution in [0.3, 0.4) is 0 Å². The van der Waals surface area contributed by atoms with Crippen molar-refractivity contribution in [3.63, 3.8) is 0 Å². The van der Waals surface area contributed by atoms with Crippen LogP contribution in [0, 0.1) is 0 Å². The van der Waals surface area contributed by atoms with E-state index in [1.807, 2.05) is 0 Å². The molecule has 0 aromatic heterocycles. The molecule has 0 saturated heterocycles. The number of carbonyl (C=O) groups excluding carboxylic acids is 1. The third-order valence-electron chi connectivity index (χ3n) is 13.2. The maximum Gasteiger partial charge on any atom is 0.472 e. The first-order valence-electron chi connectivity index (χ1n) is 27.4. The molecular weight excluding hydrogens is 848 g/mol. The molecule has 0 aliphatic heterocycles. The number of aliphatic hydroxyl groups excluding tert-OH is 5. The molecule has 1 aliphatic rings. The monoisotopic (exact) mass is 951 g/mol. The Morgan fingerprint density at radius 1 is 0.431 bits per heavy atom. The van der Waals surface area contributed by atoms with Crippen molar-refractivity contribution >= 4 is 13.8 Å². The highest BCUT2D eigenvalue weighted by atomic mass is 31.2. The van der Waals surface area contributed by atoms with Crippen LogP contribution < -0.4 is 0 Å². The predicted octanol–water partition coefficient (Wildman–Crippen LogP) is 12.5. The highest BCUT2D eigenvalue weighted by molar-refractivity contribution is 7.47. The average molecular weight is 951 g/mol. The van der Waals surface area contributed by atoms with E-state index in [1.165, 1.54) is 199 Å². The molecule has 0 radical (unpaired) electrons. The molecule has 0 heterocycles. The second-order valence-corrected chi connectivity index (χ2v) is 20.9. The van der Waals surface area contributed by atoms with Crippen molar-refractivity contribution in [1.82, 2.24) is 0 Å². The molecule has 0 aromatic carbocycles. The van der Waals surface area contributed by atoms with Crippen LogP contribution >= 0.6 is 7.82 Å². The van der Waals surface area contributed by atoms with Gasteiger partial charge in [-0.2, -0.15) is 0 Å². The lowest BCUT2D eigenvalue weighted by Gasteiger charge is -2.41. The van der Waals surface area contributed by atoms with Gasteiger partial charge in [0.05, 0.1) is 13.2 Å². The van der Waals surface area contributed by atoms with E-state index >= 15 is 0 Å². The van der Waals surface area contributed by atoms with Crippen molar-refractivity contribution in [2.75, 3.05) is 19.8 Å². The number of esters is 1. The maximum absolute atomic E-state index is 12.9. The molecule has 6 N–H and O–H groups in total. The molecule has 0 amide bonds. The quantitative estimate of drug-likeness (QED) is 0.0192. The number of phosphoric acid groups is 1. The molecule has 1 saturated carbocycles. The predicted molar refractivity (Wildman–Crippen MR) is 263 cm³/mol. The van der Waals surface area contributed by atoms with Crippen molar-refractivity contribution in [3.05, 3.63) is 0 Å². The van der Waals surface area contributed by atoms with Gasteiger partial charge in [0, 0.05) is 13.0 Å². The largest absolute Gasteiger partial charge is 0.472 e. The molecule has 6 unspecified atom stereocenters. The summed E-state index contributed by atoms with van der Waals surface area (Å²) in [5.74, 6) is -0.468. The first-order valence-corrected chi connectivity index (χ1v) is 28.9. The number of carbonyl (C=O) groups is 1. The topological polar surface area (TPSA) is 192 Å². The van der Waals surface area contributed by atoms with E-state index in [0.717, 1.165) is 38.5 Å². The molecule has 388 valence electrons. The third-order valence-corrected chi connectivity index (χ3v) is 14.2. The summed E-state index contributed by atoms with van der Waals surface area (Å²) in [5.41, 5.74) is 0. The third kappa shape index (κ3) is 35.2. The molecule has 65 heavy (non-hydrogen) atoms. The van der Waals surface area contributed by atoms with E-state index < -0.39 is 63.1 Å². The Kier molecular flexibility index (Phi) is 41.6. The SMILES string of the molecule is CCCCCCCCCCCCCCCCCCCCCCCCC(=O)O[C@H](COCCCCCCCCCCCCCCCCCC)COP(=O)(O)OC1C(O)C(O)C(O)[C@@H](O)C1O. The zero-order chi connectivity index (χ0) is 47.6. The van der Waals surface area contributed by atoms with Gasteiger partial charge in [-0.25, -0.2) is 4.57 Å². The molecule has 12 nitrogen and oxygen atoms in total. The van der Waals surface area contributed by atoms with Crippen molar-refractivity contribution < 1.29 is 58.3 Å². The lowest BCUT2D eigenvalue weighted by Crippen LogP contribution is -2.64. The summed E-state index contributed by atoms with van der Waals surface area (Å²) in [5, 5.41) is 50.3. The Morgan fingerprint density at radius 2 is 0.723 bits per heavy atom. The van der Waals surface area contributed by atoms with Gasteiger partial charge in [-0.05, 0) is 12.8 Å². The standard InChI is InChI=1S/C52H103O12P/c1-3-5-7-9-11-13-15-17-19-21-22-23-24-25-26-27-29-31-33-35-37-39-41-46(53)63-45(44-62-65(59,60)64-52-50(57)48(55)47(54)49(56)51(52)58)43-61-42-40-38-36-34-32-30-28-20-18-16-14-12-10-8-6-4-2/h45,47-52,54-58H,3-44H2,1-2H3,(H,59,60)/t45-,47?,48-,49?,50?,51?,52?/m1/s1. The van der Waals surface area contributed by atoms with Gasteiger partial charge in [-0.3, -0.25) is 13.8 Å². The summed E-state index contributed by atoms with van der Waals surface area (Å²) in [7, 11) is -5.01. The summed E-state index contributed by atoms with van der Waals surface area (Å²) < 4.78 is 34.4. The zero-order valence-corrected chi connectivity index (χ0v) is 42.7. The fourth-order valence-electron chi connectivity index (χ4n) is 8.89. The second kappa shape index (κ2) is 43.4. The second-order valence-electron chi connectivity index (χ2n) is 19.5. The summed E-state index contributed by atoms with van der Waals surface area (Å²) in [4.78, 5) is 23.3. The minimum absolute atomic E-state index is 0.0673. The summed E-state index contributed by atoms with van der Waals surface area (Å²) >= 11 is 0. The van der Waals surface area contributed by atoms with Gasteiger partial charge >= 0.3 is 13.8 Å². The lowest BCUT2D eigenvalue weighted by molar-refractivity contribution is -0.220. The van der Waals surface area contributed by atoms with Crippen molar-refractivity contribution in [2.45, 2.75) is 307 Å². The molecule has 0 bridgehead atoms. The number of ether oxygens (including phenoxy) is 2. The molecular formula is C52H103O12P. The van der Waals surface area contributed by atoms with Gasteiger partial charge in [0.2, 0.25) is 0 Å². The summed E-state index contributed by atoms with van der Waals surface area (Å²) in [6.45, 7) is 4.33. The van der Waals surface area contributed by atoms with Gasteiger partial charge in [-0.15, -0.1) is 0 Å². The molecule has 0 spiro atoms. The Balaban J connectivity index is 2.28. The van der Waals surface area contributed by atoms with Gasteiger partial charge in [0.25, 0.3) is 0 Å². The molecule has 1 aliphatic carbocycles. The van der Waals surface area contributed by atoms with Crippen LogP contribution in [0.1, 0.15) is 264 Å². The fraction of sp³-hybridized carbons (Fsp3) is 0.981. The number of rotatable bonds is 48. The highest BCUT2D eigenvalue weighted by Gasteiger charge is 2.51. The Labute approximate surface area is 397 Å². The number of hydrogen-bond donors (Lipinski definition) is 6. The van der Waals surface area contributed by atoms with E-state index in [4.69, 9.17) is 18.5 Å². The van der Waals surface area contributed by atoms with Crippen molar-refractivity contribution in [2.24, 2.45) is 0 Å². The number of hydrogen-bond acceptors (Lipinski definition) is 11.